The molecular weight excluding hydrogens is 1610 g/mol. The minimum atomic E-state index is -5.07. The SMILES string of the molecule is C#CC#CC#CC#CC#CC#CC#CC#CC#CC#CC#CC#CC#CC#CC#CC#CC#CC#CC#CC#CC#CC#CC#CC#CC#CC#CC#CC#CC#CC#CC#CC#CC#CC#CC#CC#CC#CC#CC#CC#CC#CC#CC#CC#CC#CC.CC(C)(C)[C@H](N)C(=O)O.CC(C)(C)[C@H](NC(=O)C(F)(F)F)C(=O)O.CCOC(=O)C(F)(F)F.C[O-].[Na+]. The standard InChI is InChI=1S/C91H4.C8H12F3NO3.C6H13NO2.C4H5F3O2.CH3O.Na/c1-3-5-7-9-11-13-15-17-19-21-23-25-27-29-31-33-35-37-39-41-43-45-47-49-51-53-55-57-59-61-63-65-67-69-71-73-75-77-79-81-83-85-87-89-91-90-88-86-84-82-80-78-76-74-72-70-68-66-64-62-60-58-56-54-52-50-48-46-44-42-40-38-36-34-32-30-28-26-24-22-20-18-16-14-12-10-8-6-4-2;1-7(2,3)4(5(13)14)12-6(15)8(9,10)11;1-6(2,3)4(7)5(8)9;1-2-9-3(8)4(5,6)7;1-2;/h1H,2H3;4H,1-3H3,(H,12,15)(H,13,14);4H,7H2,1-3H3,(H,8,9);2H2,1H3;1H3;/q;;;;-1;+1/t;2*4-;;;/m.11.../s1. The Morgan fingerprint density at radius 1 is 0.291 bits per heavy atom. The van der Waals surface area contributed by atoms with Gasteiger partial charge in [-0.1, -0.05) is 47.5 Å². The molecule has 0 aliphatic rings. The van der Waals surface area contributed by atoms with E-state index in [1.165, 1.54) is 33.0 Å². The second kappa shape index (κ2) is 88.5. The molecule has 0 bridgehead atoms. The van der Waals surface area contributed by atoms with Gasteiger partial charge in [0, 0.05) is 426 Å². The Balaban J connectivity index is -0.000000837. The fraction of sp³-hybridized carbons (Fsp3) is 0.145. The maximum absolute atomic E-state index is 11.9. The Morgan fingerprint density at radius 2 is 0.433 bits per heavy atom. The number of carbonyl (C=O) groups excluding carboxylic acids is 2. The van der Waals surface area contributed by atoms with Crippen molar-refractivity contribution in [2.45, 2.75) is 79.8 Å². The van der Waals surface area contributed by atoms with Crippen molar-refractivity contribution >= 4 is 23.8 Å². The van der Waals surface area contributed by atoms with Gasteiger partial charge in [0.1, 0.15) is 12.1 Å². The molecule has 5 N–H and O–H groups in total. The molecule has 0 aliphatic carbocycles. The predicted molar refractivity (Wildman–Crippen MR) is 465 cm³/mol. The van der Waals surface area contributed by atoms with E-state index >= 15 is 0 Å². The van der Waals surface area contributed by atoms with Gasteiger partial charge in [-0.05, 0) is 119 Å². The average Bonchev–Trinajstić information content (AvgIpc) is 0.845. The molecule has 127 heavy (non-hydrogen) atoms. The van der Waals surface area contributed by atoms with E-state index in [-0.39, 0.29) is 41.6 Å². The molecule has 10 nitrogen and oxygen atoms in total. The van der Waals surface area contributed by atoms with Crippen LogP contribution in [-0.2, 0) is 23.9 Å². The summed E-state index contributed by atoms with van der Waals surface area (Å²) < 4.78 is 72.7. The third kappa shape index (κ3) is 98.7. The summed E-state index contributed by atoms with van der Waals surface area (Å²) in [5, 5.41) is 26.7. The van der Waals surface area contributed by atoms with Gasteiger partial charge in [0.25, 0.3) is 0 Å². The molecule has 0 saturated carbocycles. The third-order valence-electron chi connectivity index (χ3n) is 8.92. The molecule has 578 valence electrons. The smallest absolute Gasteiger partial charge is 0.857 e. The number of rotatable bonds is 4. The van der Waals surface area contributed by atoms with Crippen LogP contribution in [0, 0.1) is 544 Å². The molecule has 0 spiro atoms. The number of hydrogen-bond donors (Lipinski definition) is 4. The molecule has 0 aromatic carbocycles. The van der Waals surface area contributed by atoms with E-state index in [1.807, 2.05) is 0 Å². The number of carboxylic acids is 2. The quantitative estimate of drug-likeness (QED) is 0.125. The zero-order valence-electron chi connectivity index (χ0n) is 67.6. The van der Waals surface area contributed by atoms with Crippen molar-refractivity contribution in [2.24, 2.45) is 16.6 Å². The van der Waals surface area contributed by atoms with Crippen LogP contribution in [-0.4, -0.2) is 72.2 Å². The number of ether oxygens (including phenoxy) is 1. The molecule has 0 aromatic heterocycles. The molecule has 0 saturated heterocycles. The molecule has 17 heteroatoms. The molecule has 0 aliphatic heterocycles. The molecular formula is C110H37F6N2NaO8. The molecule has 1 amide bonds. The number of alkyl halides is 6. The summed E-state index contributed by atoms with van der Waals surface area (Å²) in [5.41, 5.74) is 3.96. The van der Waals surface area contributed by atoms with Crippen molar-refractivity contribution in [3.8, 4) is 533 Å². The molecule has 2 atom stereocenters. The second-order valence-electron chi connectivity index (χ2n) is 19.8. The molecule has 0 radical (unpaired) electrons. The van der Waals surface area contributed by atoms with E-state index in [2.05, 4.69) is 532 Å². The summed E-state index contributed by atoms with van der Waals surface area (Å²) >= 11 is 0. The second-order valence-corrected chi connectivity index (χ2v) is 19.8. The van der Waals surface area contributed by atoms with Gasteiger partial charge in [0.05, 0.1) is 6.61 Å². The van der Waals surface area contributed by atoms with Crippen LogP contribution in [0.2, 0.25) is 0 Å². The van der Waals surface area contributed by atoms with Crippen LogP contribution >= 0.6 is 0 Å². The number of terminal acetylenes is 1. The van der Waals surface area contributed by atoms with Crippen LogP contribution < -0.4 is 45.7 Å². The van der Waals surface area contributed by atoms with Crippen molar-refractivity contribution < 1.29 is 95.1 Å². The number of carboxylic acid groups (broad SMARTS) is 2. The number of esters is 1. The molecule has 0 aromatic rings. The topological polar surface area (TPSA) is 179 Å². The van der Waals surface area contributed by atoms with Crippen LogP contribution in [0.25, 0.3) is 0 Å². The molecule has 0 heterocycles. The number of amides is 1. The molecule has 0 rings (SSSR count). The number of halogens is 6. The number of nitrogens with two attached hydrogens (primary N) is 1. The first kappa shape index (κ1) is 116. The average molecular weight is 1650 g/mol. The first-order valence-electron chi connectivity index (χ1n) is 32.3. The fourth-order valence-electron chi connectivity index (χ4n) is 4.20. The molecule has 0 fully saturated rings. The maximum atomic E-state index is 11.9. The summed E-state index contributed by atoms with van der Waals surface area (Å²) in [6, 6.07) is -2.34. The summed E-state index contributed by atoms with van der Waals surface area (Å²) in [4.78, 5) is 41.1. The largest absolute Gasteiger partial charge is 1.00 e. The Kier molecular flexibility index (Phi) is 81.2. The van der Waals surface area contributed by atoms with E-state index in [1.54, 1.807) is 27.7 Å². The van der Waals surface area contributed by atoms with Crippen LogP contribution in [0.3, 0.4) is 0 Å². The van der Waals surface area contributed by atoms with Gasteiger partial charge >= 0.3 is 65.7 Å². The third-order valence-corrected chi connectivity index (χ3v) is 8.92. The minimum absolute atomic E-state index is 0. The van der Waals surface area contributed by atoms with Gasteiger partial charge in [-0.2, -0.15) is 33.5 Å². The maximum Gasteiger partial charge on any atom is 1.00 e. The van der Waals surface area contributed by atoms with Gasteiger partial charge in [-0.15, -0.1) is 6.42 Å². The Labute approximate surface area is 762 Å². The Bertz CT molecular complexity index is 7530. The predicted octanol–water partition coefficient (Wildman–Crippen LogP) is -0.510. The summed E-state index contributed by atoms with van der Waals surface area (Å²) in [7, 11) is 0.750. The number of aliphatic carboxylic acids is 2. The van der Waals surface area contributed by atoms with E-state index in [0.717, 1.165) is 7.11 Å². The van der Waals surface area contributed by atoms with Gasteiger partial charge in [-0.3, -0.25) is 9.59 Å². The van der Waals surface area contributed by atoms with Crippen LogP contribution in [0.5, 0.6) is 0 Å². The van der Waals surface area contributed by atoms with Gasteiger partial charge in [0.2, 0.25) is 0 Å². The first-order valence-corrected chi connectivity index (χ1v) is 32.3. The van der Waals surface area contributed by atoms with Crippen molar-refractivity contribution in [2.75, 3.05) is 13.7 Å². The van der Waals surface area contributed by atoms with Crippen LogP contribution in [0.15, 0.2) is 0 Å². The van der Waals surface area contributed by atoms with E-state index in [0.29, 0.717) is 0 Å². The summed E-state index contributed by atoms with van der Waals surface area (Å²) in [6.07, 6.45) is -4.97. The Hall–Kier alpha value is -21.4. The van der Waals surface area contributed by atoms with Crippen molar-refractivity contribution in [3.05, 3.63) is 0 Å². The molecule has 0 unspecified atom stereocenters. The minimum Gasteiger partial charge on any atom is -0.857 e. The van der Waals surface area contributed by atoms with Gasteiger partial charge in [-0.25, -0.2) is 9.59 Å². The monoisotopic (exact) mass is 1650 g/mol. The normalized spacial score (nSPS) is 6.46. The summed E-state index contributed by atoms with van der Waals surface area (Å²) in [6.45, 7) is 12.4. The number of hydrogen-bond acceptors (Lipinski definition) is 7. The van der Waals surface area contributed by atoms with Crippen LogP contribution in [0.1, 0.15) is 55.4 Å². The Morgan fingerprint density at radius 3 is 0.504 bits per heavy atom. The van der Waals surface area contributed by atoms with E-state index in [4.69, 9.17) is 27.5 Å². The fourth-order valence-corrected chi connectivity index (χ4v) is 4.20. The zero-order valence-corrected chi connectivity index (χ0v) is 69.6. The number of carbonyl (C=O) groups is 4. The number of nitrogens with one attached hydrogen (secondary N) is 1. The van der Waals surface area contributed by atoms with Crippen molar-refractivity contribution in [3.63, 3.8) is 0 Å². The van der Waals surface area contributed by atoms with E-state index < -0.39 is 53.7 Å². The van der Waals surface area contributed by atoms with Crippen molar-refractivity contribution in [1.82, 2.24) is 5.32 Å². The van der Waals surface area contributed by atoms with Gasteiger partial charge < -0.3 is 31.1 Å². The summed E-state index contributed by atoms with van der Waals surface area (Å²) in [5.74, 6) is 215. The van der Waals surface area contributed by atoms with Gasteiger partial charge in [0.15, 0.2) is 0 Å². The van der Waals surface area contributed by atoms with Crippen LogP contribution in [0.4, 0.5) is 26.3 Å². The van der Waals surface area contributed by atoms with Crippen molar-refractivity contribution in [1.29, 1.82) is 0 Å². The van der Waals surface area contributed by atoms with E-state index in [9.17, 15) is 45.5 Å². The first-order chi connectivity index (χ1) is 60.7. The zero-order chi connectivity index (χ0) is 94.5.